The predicted molar refractivity (Wildman–Crippen MR) is 344 cm³/mol. The van der Waals surface area contributed by atoms with Crippen LogP contribution >= 0.6 is 23.2 Å². The smallest absolute Gasteiger partial charge is 0.330 e. The third-order valence-electron chi connectivity index (χ3n) is 17.5. The number of phenolic OH excluding ortho intramolecular Hbond substituents is 3. The van der Waals surface area contributed by atoms with E-state index < -0.39 is 237 Å². The van der Waals surface area contributed by atoms with Gasteiger partial charge in [-0.25, -0.2) is 4.79 Å². The molecule has 7 amide bonds. The van der Waals surface area contributed by atoms with Crippen molar-refractivity contribution in [2.45, 2.75) is 156 Å². The van der Waals surface area contributed by atoms with Crippen molar-refractivity contribution in [3.05, 3.63) is 117 Å². The Kier molecular flexibility index (Phi) is 21.7. The molecular weight excluding hydrogens is 1360 g/mol. The first-order valence-corrected chi connectivity index (χ1v) is 31.9. The Balaban J connectivity index is 1.24. The number of phenols is 3. The molecule has 5 aromatic carbocycles. The second-order valence-corrected chi connectivity index (χ2v) is 26.3. The molecule has 536 valence electrons. The lowest BCUT2D eigenvalue weighted by atomic mass is 9.86. The third kappa shape index (κ3) is 15.4. The molecular formula is C65H73Cl2N9O24. The van der Waals surface area contributed by atoms with E-state index in [1.165, 1.54) is 26.0 Å². The van der Waals surface area contributed by atoms with Gasteiger partial charge in [-0.15, -0.1) is 0 Å². The van der Waals surface area contributed by atoms with Gasteiger partial charge in [0.2, 0.25) is 53.4 Å². The molecule has 0 aliphatic carbocycles. The van der Waals surface area contributed by atoms with Crippen molar-refractivity contribution in [2.24, 2.45) is 23.1 Å². The fraction of sp³-hybridized carbons (Fsp3) is 0.415. The van der Waals surface area contributed by atoms with Crippen LogP contribution in [0.25, 0.3) is 11.1 Å². The zero-order valence-electron chi connectivity index (χ0n) is 53.4. The first-order valence-electron chi connectivity index (χ1n) is 31.2. The van der Waals surface area contributed by atoms with Gasteiger partial charge < -0.3 is 129 Å². The highest BCUT2D eigenvalue weighted by Crippen LogP contribution is 2.50. The van der Waals surface area contributed by atoms with Crippen LogP contribution in [0, 0.1) is 5.92 Å². The normalized spacial score (nSPS) is 29.6. The summed E-state index contributed by atoms with van der Waals surface area (Å²) in [6, 6.07) is -1.18. The Hall–Kier alpha value is -9.20. The lowest BCUT2D eigenvalue weighted by Crippen LogP contribution is -2.64. The van der Waals surface area contributed by atoms with Gasteiger partial charge in [-0.1, -0.05) is 55.2 Å². The minimum Gasteiger partial charge on any atom is -0.508 e. The number of aromatic hydroxyl groups is 3. The van der Waals surface area contributed by atoms with Gasteiger partial charge in [-0.05, 0) is 103 Å². The number of benzene rings is 5. The number of halogens is 2. The standard InChI is InChI=1S/C65H73Cl2N9O24/c1-22(2)11-33(68)57(87)75-48-50(82)25-6-9-37(31(66)13-25)96-39-15-27-16-40(54(39)100-64-55(53(85)52(84)41(21-77)98-64)99-43-20-65(4,70)56(86)23(3)95-43)97-38-10-7-26(14-32(38)67)51(83)49-62(92)74-47(63(93)94)30-17-28(78)18-36(80)44(30)29-12-24(5-8-35(29)79)45(59(89)76-49)73-60(90)46(27)72-58(88)34(19-42(69)81)71-61(48)91/h5-10,12-18,22-23,33-34,41,43,45-53,55-56,64,77-80,82-86H,11,19-21,68,70H2,1-4H3,(H2,69,81)(H,71,91)(H,72,88)(H,73,90)(H,74,92)(H,75,87)(H,76,89)(H,93,94)/t23-,33-,34-,41+,43-,45+,46+,47-,48+,49-,50+,51+,52+,53-,55?,56+,64?,65-/m0/s1. The Bertz CT molecular complexity index is 4060. The number of nitrogens with two attached hydrogens (primary N) is 3. The zero-order chi connectivity index (χ0) is 72.8. The van der Waals surface area contributed by atoms with Gasteiger partial charge in [0.25, 0.3) is 0 Å². The van der Waals surface area contributed by atoms with Crippen molar-refractivity contribution in [1.29, 1.82) is 0 Å². The first kappa shape index (κ1) is 73.5. The lowest BCUT2D eigenvalue weighted by Gasteiger charge is -2.47. The Morgan fingerprint density at radius 2 is 1.31 bits per heavy atom. The lowest BCUT2D eigenvalue weighted by molar-refractivity contribution is -0.333. The maximum absolute atomic E-state index is 16.0. The molecule has 33 nitrogen and oxygen atoms in total. The molecule has 11 bridgehead atoms. The number of carboxylic acid groups (broad SMARTS) is 1. The number of aliphatic carboxylic acids is 1. The second-order valence-electron chi connectivity index (χ2n) is 25.5. The third-order valence-corrected chi connectivity index (χ3v) is 18.1. The van der Waals surface area contributed by atoms with Crippen LogP contribution in [0.5, 0.6) is 46.0 Å². The zero-order valence-corrected chi connectivity index (χ0v) is 54.9. The molecule has 12 rings (SSSR count). The van der Waals surface area contributed by atoms with E-state index >= 15 is 14.4 Å². The minimum absolute atomic E-state index is 0.0742. The maximum Gasteiger partial charge on any atom is 0.330 e. The monoisotopic (exact) mass is 1430 g/mol. The molecule has 0 aromatic heterocycles. The summed E-state index contributed by atoms with van der Waals surface area (Å²) in [7, 11) is 0. The Morgan fingerprint density at radius 3 is 1.90 bits per heavy atom. The summed E-state index contributed by atoms with van der Waals surface area (Å²) in [6.45, 7) is 5.53. The molecule has 7 aliphatic rings. The molecule has 22 N–H and O–H groups in total. The van der Waals surface area contributed by atoms with E-state index in [2.05, 4.69) is 31.9 Å². The van der Waals surface area contributed by atoms with Gasteiger partial charge in [-0.2, -0.15) is 0 Å². The average molecular weight is 1440 g/mol. The van der Waals surface area contributed by atoms with Gasteiger partial charge in [0.15, 0.2) is 29.9 Å². The SMILES string of the molecule is CC(C)C[C@H](N)C(=O)N[C@H]1C(=O)N[C@@H](CC(N)=O)C(=O)N[C@H]2C(=O)N[C@H]3C(=O)N[C@H](C(=O)N[C@H](C(=O)O)c4cc(O)cc(O)c4-c4cc3ccc4O)[C@H](O)c3ccc(c(Cl)c3)Oc3cc2cc(c3OC2O[C@H](CO)[C@@H](O)[C@H](O)C2O[C@H]2C[C@](C)(N)[C@H](O)[C@H](C)O2)Oc2ccc(cc2Cl)[C@H]1O. The van der Waals surface area contributed by atoms with E-state index in [0.29, 0.717) is 0 Å². The van der Waals surface area contributed by atoms with E-state index in [1.807, 2.05) is 0 Å². The van der Waals surface area contributed by atoms with Crippen LogP contribution in [0.15, 0.2) is 78.9 Å². The fourth-order valence-electron chi connectivity index (χ4n) is 12.3. The topological polar surface area (TPSA) is 544 Å². The Morgan fingerprint density at radius 1 is 0.710 bits per heavy atom. The van der Waals surface area contributed by atoms with Crippen LogP contribution in [0.1, 0.15) is 105 Å². The summed E-state index contributed by atoms with van der Waals surface area (Å²) < 4.78 is 38.2. The van der Waals surface area contributed by atoms with Crippen LogP contribution in [0.4, 0.5) is 0 Å². The number of hydrogen-bond donors (Lipinski definition) is 19. The number of aliphatic hydroxyl groups excluding tert-OH is 6. The van der Waals surface area contributed by atoms with Gasteiger partial charge in [-0.3, -0.25) is 33.6 Å². The number of amides is 7. The summed E-state index contributed by atoms with van der Waals surface area (Å²) in [5, 5.41) is 127. The van der Waals surface area contributed by atoms with Gasteiger partial charge in [0.05, 0.1) is 41.3 Å². The van der Waals surface area contributed by atoms with Crippen molar-refractivity contribution in [2.75, 3.05) is 6.61 Å². The maximum atomic E-state index is 16.0. The van der Waals surface area contributed by atoms with Crippen molar-refractivity contribution in [3.8, 4) is 57.1 Å². The number of carboxylic acids is 1. The van der Waals surface area contributed by atoms with E-state index in [9.17, 15) is 75.0 Å². The van der Waals surface area contributed by atoms with Crippen molar-refractivity contribution >= 4 is 70.5 Å². The Labute approximate surface area is 577 Å². The highest BCUT2D eigenvalue weighted by Gasteiger charge is 2.51. The van der Waals surface area contributed by atoms with E-state index in [0.717, 1.165) is 66.7 Å². The summed E-state index contributed by atoms with van der Waals surface area (Å²) in [4.78, 5) is 116. The molecule has 7 heterocycles. The van der Waals surface area contributed by atoms with Crippen LogP contribution in [-0.4, -0.2) is 184 Å². The number of carbonyl (C=O) groups excluding carboxylic acids is 7. The van der Waals surface area contributed by atoms with Crippen LogP contribution in [0.3, 0.4) is 0 Å². The van der Waals surface area contributed by atoms with Crippen molar-refractivity contribution < 1.29 is 118 Å². The first-order chi connectivity index (χ1) is 47.1. The van der Waals surface area contributed by atoms with E-state index in [-0.39, 0.29) is 46.2 Å². The van der Waals surface area contributed by atoms with Gasteiger partial charge in [0.1, 0.15) is 89.5 Å². The summed E-state index contributed by atoms with van der Waals surface area (Å²) >= 11 is 14.1. The quantitative estimate of drug-likeness (QED) is 0.0772. The molecule has 0 radical (unpaired) electrons. The van der Waals surface area contributed by atoms with Gasteiger partial charge >= 0.3 is 5.97 Å². The number of primary amides is 1. The molecule has 0 spiro atoms. The number of fused-ring (bicyclic) bond motifs is 15. The number of ether oxygens (including phenoxy) is 6. The molecule has 2 fully saturated rings. The van der Waals surface area contributed by atoms with Crippen molar-refractivity contribution in [3.63, 3.8) is 0 Å². The van der Waals surface area contributed by atoms with Crippen LogP contribution < -0.4 is 63.3 Å². The molecule has 2 saturated heterocycles. The molecule has 35 heteroatoms. The average Bonchev–Trinajstić information content (AvgIpc) is 0.768. The highest BCUT2D eigenvalue weighted by atomic mass is 35.5. The molecule has 100 heavy (non-hydrogen) atoms. The fourth-order valence-corrected chi connectivity index (χ4v) is 12.7. The molecule has 5 aromatic rings. The number of rotatable bonds is 12. The predicted octanol–water partition coefficient (Wildman–Crippen LogP) is -0.154. The van der Waals surface area contributed by atoms with Crippen LogP contribution in [-0.2, 0) is 52.6 Å². The molecule has 18 atom stereocenters. The number of nitrogens with one attached hydrogen (secondary N) is 6. The second kappa shape index (κ2) is 29.6. The molecule has 2 unspecified atom stereocenters. The van der Waals surface area contributed by atoms with Crippen LogP contribution in [0.2, 0.25) is 10.0 Å². The summed E-state index contributed by atoms with van der Waals surface area (Å²) in [6.07, 6.45) is -18.8. The van der Waals surface area contributed by atoms with Gasteiger partial charge in [0, 0.05) is 34.7 Å². The molecule has 0 saturated carbocycles. The number of hydrogen-bond acceptors (Lipinski definition) is 25. The minimum atomic E-state index is -2.35. The summed E-state index contributed by atoms with van der Waals surface area (Å²) in [5.41, 5.74) is 14.1. The largest absolute Gasteiger partial charge is 0.508 e. The number of carbonyl (C=O) groups is 8. The number of aliphatic hydroxyl groups is 6. The highest BCUT2D eigenvalue weighted by molar-refractivity contribution is 6.32. The summed E-state index contributed by atoms with van der Waals surface area (Å²) in [5.74, 6) is -16.3. The van der Waals surface area contributed by atoms with E-state index in [1.54, 1.807) is 13.8 Å². The van der Waals surface area contributed by atoms with Crippen molar-refractivity contribution in [1.82, 2.24) is 31.9 Å². The van der Waals surface area contributed by atoms with E-state index in [4.69, 9.17) is 68.8 Å². The molecule has 7 aliphatic heterocycles.